The molecule has 0 fully saturated rings. The van der Waals surface area contributed by atoms with Gasteiger partial charge in [-0.25, -0.2) is 0 Å². The Morgan fingerprint density at radius 2 is 2.12 bits per heavy atom. The average Bonchev–Trinajstić information content (AvgIpc) is 2.28. The number of alkyl halides is 1. The van der Waals surface area contributed by atoms with E-state index in [0.717, 1.165) is 0 Å². The Morgan fingerprint density at radius 1 is 1.44 bits per heavy atom. The van der Waals surface area contributed by atoms with Gasteiger partial charge in [-0.2, -0.15) is 0 Å². The predicted molar refractivity (Wildman–Crippen MR) is 63.7 cm³/mol. The van der Waals surface area contributed by atoms with Gasteiger partial charge in [-0.05, 0) is 24.6 Å². The van der Waals surface area contributed by atoms with Crippen LogP contribution < -0.4 is 10.5 Å². The van der Waals surface area contributed by atoms with Crippen LogP contribution in [0.15, 0.2) is 18.2 Å². The fourth-order valence-electron chi connectivity index (χ4n) is 1.46. The van der Waals surface area contributed by atoms with Crippen molar-refractivity contribution in [3.8, 4) is 5.75 Å². The quantitative estimate of drug-likeness (QED) is 0.540. The maximum absolute atomic E-state index is 9.91. The monoisotopic (exact) mass is 245 g/mol. The number of methoxy groups -OCH3 is 1. The summed E-state index contributed by atoms with van der Waals surface area (Å²) in [6.45, 7) is 0. The van der Waals surface area contributed by atoms with Crippen LogP contribution in [0, 0.1) is 0 Å². The molecule has 0 bridgehead atoms. The van der Waals surface area contributed by atoms with Crippen molar-refractivity contribution < 1.29 is 14.9 Å². The topological polar surface area (TPSA) is 75.7 Å². The Balaban J connectivity index is 2.96. The van der Waals surface area contributed by atoms with Gasteiger partial charge >= 0.3 is 0 Å². The van der Waals surface area contributed by atoms with Crippen LogP contribution in [0.25, 0.3) is 0 Å². The van der Waals surface area contributed by atoms with Crippen molar-refractivity contribution in [2.45, 2.75) is 18.6 Å². The number of aliphatic hydroxyl groups excluding tert-OH is 2. The number of anilines is 1. The van der Waals surface area contributed by atoms with Crippen molar-refractivity contribution in [1.29, 1.82) is 0 Å². The molecule has 5 heteroatoms. The molecule has 16 heavy (non-hydrogen) atoms. The predicted octanol–water partition coefficient (Wildman–Crippen LogP) is 1.30. The molecule has 0 aromatic heterocycles. The van der Waals surface area contributed by atoms with Crippen LogP contribution >= 0.6 is 11.6 Å². The summed E-state index contributed by atoms with van der Waals surface area (Å²) < 4.78 is 5.09. The highest BCUT2D eigenvalue weighted by molar-refractivity contribution is 6.17. The summed E-state index contributed by atoms with van der Waals surface area (Å²) in [5.41, 5.74) is 6.60. The standard InChI is InChI=1S/C11H16ClNO3/c1-16-10-3-2-7(13)6-8(10)11(15)9(14)4-5-12/h2-3,6,9,11,14-15H,4-5,13H2,1H3. The molecule has 2 atom stereocenters. The molecular formula is C11H16ClNO3. The number of benzene rings is 1. The third kappa shape index (κ3) is 3.01. The number of nitrogen functional groups attached to an aromatic ring is 1. The molecule has 0 aliphatic carbocycles. The summed E-state index contributed by atoms with van der Waals surface area (Å²) in [6, 6.07) is 4.91. The zero-order valence-corrected chi connectivity index (χ0v) is 9.81. The summed E-state index contributed by atoms with van der Waals surface area (Å²) in [5.74, 6) is 0.776. The van der Waals surface area contributed by atoms with E-state index in [1.165, 1.54) is 7.11 Å². The Kier molecular flexibility index (Phi) is 4.86. The van der Waals surface area contributed by atoms with Crippen LogP contribution in [-0.2, 0) is 0 Å². The smallest absolute Gasteiger partial charge is 0.124 e. The second-order valence-electron chi connectivity index (χ2n) is 3.49. The van der Waals surface area contributed by atoms with E-state index in [9.17, 15) is 10.2 Å². The minimum Gasteiger partial charge on any atom is -0.496 e. The van der Waals surface area contributed by atoms with Crippen molar-refractivity contribution >= 4 is 17.3 Å². The Hall–Kier alpha value is -0.970. The first-order chi connectivity index (χ1) is 7.60. The molecule has 1 rings (SSSR count). The second-order valence-corrected chi connectivity index (χ2v) is 3.87. The first-order valence-corrected chi connectivity index (χ1v) is 5.49. The highest BCUT2D eigenvalue weighted by atomic mass is 35.5. The van der Waals surface area contributed by atoms with E-state index in [1.807, 2.05) is 0 Å². The van der Waals surface area contributed by atoms with Crippen molar-refractivity contribution in [3.05, 3.63) is 23.8 Å². The van der Waals surface area contributed by atoms with Gasteiger partial charge in [0.05, 0.1) is 13.2 Å². The molecule has 0 heterocycles. The molecular weight excluding hydrogens is 230 g/mol. The maximum atomic E-state index is 9.91. The number of hydrogen-bond acceptors (Lipinski definition) is 4. The Bertz CT molecular complexity index is 346. The number of rotatable bonds is 5. The van der Waals surface area contributed by atoms with Gasteiger partial charge in [0.1, 0.15) is 11.9 Å². The Morgan fingerprint density at radius 3 is 2.69 bits per heavy atom. The van der Waals surface area contributed by atoms with Crippen molar-refractivity contribution in [1.82, 2.24) is 0 Å². The van der Waals surface area contributed by atoms with E-state index in [4.69, 9.17) is 22.1 Å². The van der Waals surface area contributed by atoms with Gasteiger partial charge in [-0.15, -0.1) is 11.6 Å². The van der Waals surface area contributed by atoms with Gasteiger partial charge in [0, 0.05) is 17.1 Å². The zero-order chi connectivity index (χ0) is 12.1. The molecule has 90 valence electrons. The molecule has 0 saturated carbocycles. The molecule has 0 aliphatic rings. The Labute approximate surface area is 99.6 Å². The summed E-state index contributed by atoms with van der Waals surface area (Å²) in [7, 11) is 1.50. The lowest BCUT2D eigenvalue weighted by Gasteiger charge is -2.19. The van der Waals surface area contributed by atoms with Gasteiger partial charge in [-0.3, -0.25) is 0 Å². The van der Waals surface area contributed by atoms with Crippen LogP contribution in [0.2, 0.25) is 0 Å². The molecule has 0 saturated heterocycles. The molecule has 4 nitrogen and oxygen atoms in total. The lowest BCUT2D eigenvalue weighted by molar-refractivity contribution is 0.0157. The lowest BCUT2D eigenvalue weighted by Crippen LogP contribution is -2.19. The number of halogens is 1. The van der Waals surface area contributed by atoms with Crippen LogP contribution in [0.5, 0.6) is 5.75 Å². The zero-order valence-electron chi connectivity index (χ0n) is 9.06. The van der Waals surface area contributed by atoms with Crippen molar-refractivity contribution in [3.63, 3.8) is 0 Å². The van der Waals surface area contributed by atoms with E-state index in [1.54, 1.807) is 18.2 Å². The van der Waals surface area contributed by atoms with Gasteiger partial charge in [0.25, 0.3) is 0 Å². The lowest BCUT2D eigenvalue weighted by atomic mass is 10.0. The molecule has 0 amide bonds. The normalized spacial score (nSPS) is 14.5. The highest BCUT2D eigenvalue weighted by Gasteiger charge is 2.21. The van der Waals surface area contributed by atoms with E-state index >= 15 is 0 Å². The van der Waals surface area contributed by atoms with Crippen LogP contribution in [0.1, 0.15) is 18.1 Å². The second kappa shape index (κ2) is 5.94. The first-order valence-electron chi connectivity index (χ1n) is 4.95. The highest BCUT2D eigenvalue weighted by Crippen LogP contribution is 2.30. The fourth-order valence-corrected chi connectivity index (χ4v) is 1.68. The van der Waals surface area contributed by atoms with Crippen LogP contribution in [0.3, 0.4) is 0 Å². The molecule has 0 aliphatic heterocycles. The van der Waals surface area contributed by atoms with Gasteiger partial charge in [0.2, 0.25) is 0 Å². The van der Waals surface area contributed by atoms with E-state index in [2.05, 4.69) is 0 Å². The molecule has 1 aromatic carbocycles. The molecule has 2 unspecified atom stereocenters. The number of ether oxygens (including phenoxy) is 1. The minimum atomic E-state index is -1.04. The largest absolute Gasteiger partial charge is 0.496 e. The van der Waals surface area contributed by atoms with E-state index < -0.39 is 12.2 Å². The van der Waals surface area contributed by atoms with Crippen LogP contribution in [0.4, 0.5) is 5.69 Å². The van der Waals surface area contributed by atoms with Crippen molar-refractivity contribution in [2.24, 2.45) is 0 Å². The minimum absolute atomic E-state index is 0.281. The van der Waals surface area contributed by atoms with Crippen molar-refractivity contribution in [2.75, 3.05) is 18.7 Å². The fraction of sp³-hybridized carbons (Fsp3) is 0.455. The first kappa shape index (κ1) is 13.1. The maximum Gasteiger partial charge on any atom is 0.124 e. The average molecular weight is 246 g/mol. The summed E-state index contributed by atoms with van der Waals surface area (Å²) in [6.07, 6.45) is -1.66. The number of hydrogen-bond donors (Lipinski definition) is 3. The molecule has 1 aromatic rings. The summed E-state index contributed by atoms with van der Waals surface area (Å²) in [5, 5.41) is 19.6. The molecule has 0 spiro atoms. The molecule has 4 N–H and O–H groups in total. The summed E-state index contributed by atoms with van der Waals surface area (Å²) in [4.78, 5) is 0. The van der Waals surface area contributed by atoms with E-state index in [-0.39, 0.29) is 5.88 Å². The number of aliphatic hydroxyl groups is 2. The SMILES string of the molecule is COc1ccc(N)cc1C(O)C(O)CCCl. The van der Waals surface area contributed by atoms with Gasteiger partial charge in [-0.1, -0.05) is 0 Å². The summed E-state index contributed by atoms with van der Waals surface area (Å²) >= 11 is 5.51. The third-order valence-electron chi connectivity index (χ3n) is 2.34. The number of nitrogens with two attached hydrogens (primary N) is 1. The van der Waals surface area contributed by atoms with E-state index in [0.29, 0.717) is 23.4 Å². The van der Waals surface area contributed by atoms with Gasteiger partial charge < -0.3 is 20.7 Å². The van der Waals surface area contributed by atoms with Gasteiger partial charge in [0.15, 0.2) is 0 Å². The molecule has 0 radical (unpaired) electrons. The third-order valence-corrected chi connectivity index (χ3v) is 2.56. The van der Waals surface area contributed by atoms with Crippen LogP contribution in [-0.4, -0.2) is 29.3 Å².